The molecule has 0 aliphatic carbocycles. The Morgan fingerprint density at radius 3 is 2.62 bits per heavy atom. The number of nitrogens with zero attached hydrogens (tertiary/aromatic N) is 3. The van der Waals surface area contributed by atoms with Gasteiger partial charge in [0.2, 0.25) is 5.91 Å². The van der Waals surface area contributed by atoms with E-state index in [1.54, 1.807) is 17.6 Å². The van der Waals surface area contributed by atoms with Gasteiger partial charge in [-0.1, -0.05) is 29.4 Å². The van der Waals surface area contributed by atoms with Crippen LogP contribution in [0.1, 0.15) is 24.4 Å². The van der Waals surface area contributed by atoms with Crippen LogP contribution in [0.5, 0.6) is 5.75 Å². The average molecular weight is 515 g/mol. The van der Waals surface area contributed by atoms with E-state index in [4.69, 9.17) is 16.3 Å². The van der Waals surface area contributed by atoms with Crippen molar-refractivity contribution < 1.29 is 27.1 Å². The molecule has 0 saturated heterocycles. The zero-order valence-electron chi connectivity index (χ0n) is 17.8. The number of aromatic nitrogens is 3. The van der Waals surface area contributed by atoms with Gasteiger partial charge in [0.15, 0.2) is 17.1 Å². The maximum absolute atomic E-state index is 13.1. The molecule has 2 aromatic carbocycles. The van der Waals surface area contributed by atoms with Gasteiger partial charge in [0.1, 0.15) is 11.6 Å². The van der Waals surface area contributed by atoms with Gasteiger partial charge in [0.05, 0.1) is 22.0 Å². The van der Waals surface area contributed by atoms with Gasteiger partial charge >= 0.3 is 6.18 Å². The van der Waals surface area contributed by atoms with Gasteiger partial charge < -0.3 is 10.1 Å². The largest absolute Gasteiger partial charge is 0.483 e. The number of rotatable bonds is 9. The van der Waals surface area contributed by atoms with Crippen LogP contribution in [0.4, 0.5) is 23.2 Å². The second-order valence-electron chi connectivity index (χ2n) is 6.98. The maximum atomic E-state index is 13.1. The first kappa shape index (κ1) is 25.6. The predicted octanol–water partition coefficient (Wildman–Crippen LogP) is 6.15. The fraction of sp³-hybridized carbons (Fsp3) is 0.227. The smallest absolute Gasteiger partial charge is 0.416 e. The number of anilines is 1. The molecule has 0 radical (unpaired) electrons. The maximum Gasteiger partial charge on any atom is 0.416 e. The molecule has 1 heterocycles. The average Bonchev–Trinajstić information content (AvgIpc) is 3.17. The molecule has 6 nitrogen and oxygen atoms in total. The van der Waals surface area contributed by atoms with E-state index in [9.17, 15) is 22.4 Å². The number of benzene rings is 2. The van der Waals surface area contributed by atoms with E-state index in [0.717, 1.165) is 30.0 Å². The van der Waals surface area contributed by atoms with Crippen LogP contribution in [0.3, 0.4) is 0 Å². The fourth-order valence-electron chi connectivity index (χ4n) is 2.89. The molecule has 1 N–H and O–H groups in total. The molecule has 180 valence electrons. The van der Waals surface area contributed by atoms with Crippen LogP contribution in [0.15, 0.2) is 60.3 Å². The number of carbonyl (C=O) groups is 1. The number of allylic oxidation sites excluding steroid dienone is 1. The third-order valence-electron chi connectivity index (χ3n) is 4.45. The van der Waals surface area contributed by atoms with E-state index >= 15 is 0 Å². The van der Waals surface area contributed by atoms with Crippen molar-refractivity contribution in [3.05, 3.63) is 77.3 Å². The first-order chi connectivity index (χ1) is 16.1. The summed E-state index contributed by atoms with van der Waals surface area (Å²) in [4.78, 5) is 12.4. The van der Waals surface area contributed by atoms with Crippen LogP contribution in [0, 0.1) is 5.82 Å². The first-order valence-corrected chi connectivity index (χ1v) is 11.2. The SMILES string of the molecule is C=CCn1c(SCC(=O)Nc2cc(C(F)(F)F)ccc2Cl)nnc1C(C)Oc1ccc(F)cc1. The number of ether oxygens (including phenoxy) is 1. The minimum Gasteiger partial charge on any atom is -0.483 e. The Morgan fingerprint density at radius 2 is 1.97 bits per heavy atom. The monoisotopic (exact) mass is 514 g/mol. The highest BCUT2D eigenvalue weighted by molar-refractivity contribution is 7.99. The minimum atomic E-state index is -4.57. The van der Waals surface area contributed by atoms with E-state index in [1.165, 1.54) is 24.3 Å². The standard InChI is InChI=1S/C22H19ClF4N4O2S/c1-3-10-31-20(13(2)33-16-7-5-15(24)6-8-16)29-30-21(31)34-12-19(32)28-18-11-14(22(25,26)27)4-9-17(18)23/h3-9,11,13H,1,10,12H2,2H3,(H,28,32). The molecule has 0 bridgehead atoms. The Bertz CT molecular complexity index is 1170. The molecule has 1 unspecified atom stereocenters. The summed E-state index contributed by atoms with van der Waals surface area (Å²) in [6.07, 6.45) is -3.50. The fourth-order valence-corrected chi connectivity index (χ4v) is 3.81. The normalized spacial score (nSPS) is 12.3. The lowest BCUT2D eigenvalue weighted by molar-refractivity contribution is -0.137. The molecule has 0 spiro atoms. The summed E-state index contributed by atoms with van der Waals surface area (Å²) in [5.74, 6) is -0.230. The number of hydrogen-bond donors (Lipinski definition) is 1. The molecule has 1 aromatic heterocycles. The number of nitrogens with one attached hydrogen (secondary N) is 1. The summed E-state index contributed by atoms with van der Waals surface area (Å²) in [5, 5.41) is 11.0. The summed E-state index contributed by atoms with van der Waals surface area (Å²) in [6.45, 7) is 5.77. The lowest BCUT2D eigenvalue weighted by atomic mass is 10.2. The number of amides is 1. The highest BCUT2D eigenvalue weighted by atomic mass is 35.5. The molecule has 3 aromatic rings. The zero-order chi connectivity index (χ0) is 24.9. The topological polar surface area (TPSA) is 69.0 Å². The minimum absolute atomic E-state index is 0.0183. The summed E-state index contributed by atoms with van der Waals surface area (Å²) in [5.41, 5.74) is -1.07. The van der Waals surface area contributed by atoms with Crippen LogP contribution in [0.2, 0.25) is 5.02 Å². The van der Waals surface area contributed by atoms with Crippen LogP contribution < -0.4 is 10.1 Å². The molecule has 0 saturated carbocycles. The highest BCUT2D eigenvalue weighted by Gasteiger charge is 2.31. The molecule has 3 rings (SSSR count). The van der Waals surface area contributed by atoms with Crippen molar-refractivity contribution in [2.24, 2.45) is 0 Å². The molecule has 34 heavy (non-hydrogen) atoms. The van der Waals surface area contributed by atoms with Gasteiger partial charge in [-0.05, 0) is 49.4 Å². The number of alkyl halides is 3. The molecule has 1 atom stereocenters. The lowest BCUT2D eigenvalue weighted by Crippen LogP contribution is -2.16. The third kappa shape index (κ3) is 6.51. The van der Waals surface area contributed by atoms with Gasteiger partial charge in [0.25, 0.3) is 0 Å². The second-order valence-corrected chi connectivity index (χ2v) is 8.33. The highest BCUT2D eigenvalue weighted by Crippen LogP contribution is 2.34. The van der Waals surface area contributed by atoms with E-state index in [1.807, 2.05) is 0 Å². The van der Waals surface area contributed by atoms with Gasteiger partial charge in [0, 0.05) is 6.54 Å². The molecule has 0 aliphatic heterocycles. The van der Waals surface area contributed by atoms with Gasteiger partial charge in [-0.2, -0.15) is 13.2 Å². The molecule has 0 fully saturated rings. The number of thioether (sulfide) groups is 1. The van der Waals surface area contributed by atoms with Crippen molar-refractivity contribution >= 4 is 35.0 Å². The van der Waals surface area contributed by atoms with Crippen LogP contribution in [-0.2, 0) is 17.5 Å². The molecule has 1 amide bonds. The van der Waals surface area contributed by atoms with Crippen molar-refractivity contribution in [1.29, 1.82) is 0 Å². The predicted molar refractivity (Wildman–Crippen MR) is 121 cm³/mol. The Labute approximate surface area is 202 Å². The summed E-state index contributed by atoms with van der Waals surface area (Å²) in [6, 6.07) is 8.19. The van der Waals surface area contributed by atoms with Gasteiger partial charge in [-0.15, -0.1) is 16.8 Å². The third-order valence-corrected chi connectivity index (χ3v) is 5.74. The quantitative estimate of drug-likeness (QED) is 0.211. The Balaban J connectivity index is 1.69. The van der Waals surface area contributed by atoms with Crippen molar-refractivity contribution in [3.8, 4) is 5.75 Å². The van der Waals surface area contributed by atoms with Gasteiger partial charge in [-0.3, -0.25) is 9.36 Å². The Morgan fingerprint density at radius 1 is 1.26 bits per heavy atom. The Hall–Kier alpha value is -3.05. The lowest BCUT2D eigenvalue weighted by Gasteiger charge is -2.15. The summed E-state index contributed by atoms with van der Waals surface area (Å²) in [7, 11) is 0. The molecule has 0 aliphatic rings. The summed E-state index contributed by atoms with van der Waals surface area (Å²) >= 11 is 6.96. The molecular formula is C22H19ClF4N4O2S. The van der Waals surface area contributed by atoms with Crippen LogP contribution >= 0.6 is 23.4 Å². The van der Waals surface area contributed by atoms with Crippen molar-refractivity contribution in [2.75, 3.05) is 11.1 Å². The van der Waals surface area contributed by atoms with Crippen LogP contribution in [0.25, 0.3) is 0 Å². The summed E-state index contributed by atoms with van der Waals surface area (Å²) < 4.78 is 59.4. The van der Waals surface area contributed by atoms with Gasteiger partial charge in [-0.25, -0.2) is 4.39 Å². The second kappa shape index (κ2) is 10.9. The van der Waals surface area contributed by atoms with Crippen LogP contribution in [-0.4, -0.2) is 26.4 Å². The van der Waals surface area contributed by atoms with Crippen molar-refractivity contribution in [3.63, 3.8) is 0 Å². The van der Waals surface area contributed by atoms with Crippen molar-refractivity contribution in [2.45, 2.75) is 30.9 Å². The van der Waals surface area contributed by atoms with E-state index in [-0.39, 0.29) is 16.5 Å². The van der Waals surface area contributed by atoms with Crippen molar-refractivity contribution in [1.82, 2.24) is 14.8 Å². The number of hydrogen-bond acceptors (Lipinski definition) is 5. The van der Waals surface area contributed by atoms with E-state index in [0.29, 0.717) is 23.3 Å². The molecule has 12 heteroatoms. The number of halogens is 5. The first-order valence-electron chi connectivity index (χ1n) is 9.84. The zero-order valence-corrected chi connectivity index (χ0v) is 19.3. The van der Waals surface area contributed by atoms with E-state index in [2.05, 4.69) is 22.1 Å². The van der Waals surface area contributed by atoms with E-state index < -0.39 is 29.6 Å². The Kier molecular flexibility index (Phi) is 8.21. The number of carbonyl (C=O) groups excluding carboxylic acids is 1. The molecular weight excluding hydrogens is 496 g/mol.